The van der Waals surface area contributed by atoms with Gasteiger partial charge in [0.1, 0.15) is 0 Å². The molecule has 0 spiro atoms. The number of hydrogen-bond donors (Lipinski definition) is 2. The monoisotopic (exact) mass is 1150 g/mol. The fourth-order valence-corrected chi connectivity index (χ4v) is 13.7. The summed E-state index contributed by atoms with van der Waals surface area (Å²) in [6.45, 7) is 9.24. The molecular weight excluding hydrogens is 1080 g/mol. The van der Waals surface area contributed by atoms with Crippen LogP contribution in [-0.2, 0) is 10.8 Å². The van der Waals surface area contributed by atoms with Crippen molar-refractivity contribution in [2.24, 2.45) is 0 Å². The number of benzene rings is 12. The zero-order valence-corrected chi connectivity index (χ0v) is 48.5. The number of aromatic nitrogens is 2. The first kappa shape index (κ1) is 53.6. The lowest BCUT2D eigenvalue weighted by Gasteiger charge is -2.21. The molecule has 0 saturated carbocycles. The maximum Gasteiger partial charge on any atom is 0.0541 e. The minimum Gasteiger partial charge on any atom is -0.399 e. The van der Waals surface area contributed by atoms with Gasteiger partial charge in [-0.05, 0) is 153 Å². The number of nitrogen functional groups attached to an aromatic ring is 1. The van der Waals surface area contributed by atoms with E-state index in [0.29, 0.717) is 0 Å². The summed E-state index contributed by atoms with van der Waals surface area (Å²) in [7, 11) is 0. The molecule has 2 aliphatic carbocycles. The van der Waals surface area contributed by atoms with E-state index in [1.807, 2.05) is 12.1 Å². The van der Waals surface area contributed by atoms with Gasteiger partial charge >= 0.3 is 0 Å². The molecule has 0 aliphatic heterocycles. The minimum absolute atomic E-state index is 0. The highest BCUT2D eigenvalue weighted by Gasteiger charge is 2.37. The zero-order chi connectivity index (χ0) is 56.4. The molecule has 0 unspecified atom stereocenters. The molecule has 2 heterocycles. The molecule has 0 fully saturated rings. The van der Waals surface area contributed by atoms with Gasteiger partial charge in [0.2, 0.25) is 0 Å². The van der Waals surface area contributed by atoms with E-state index in [0.717, 1.165) is 17.1 Å². The summed E-state index contributed by atoms with van der Waals surface area (Å²) in [5, 5.41) is 8.80. The Balaban J connectivity index is 0.000000130. The molecule has 16 rings (SSSR count). The second-order valence-corrected chi connectivity index (χ2v) is 23.8. The van der Waals surface area contributed by atoms with Crippen molar-refractivity contribution < 1.29 is 0 Å². The van der Waals surface area contributed by atoms with Gasteiger partial charge in [0.05, 0.1) is 22.1 Å². The number of hydrogen-bond acceptors (Lipinski definition) is 2. The fourth-order valence-electron chi connectivity index (χ4n) is 13.2. The van der Waals surface area contributed by atoms with Crippen LogP contribution >= 0.6 is 15.9 Å². The van der Waals surface area contributed by atoms with Crippen molar-refractivity contribution in [1.29, 1.82) is 0 Å². The van der Waals surface area contributed by atoms with Gasteiger partial charge in [-0.3, -0.25) is 0 Å². The Morgan fingerprint density at radius 1 is 0.345 bits per heavy atom. The normalized spacial score (nSPS) is 13.0. The quantitative estimate of drug-likeness (QED) is 0.163. The van der Waals surface area contributed by atoms with Crippen LogP contribution in [0.15, 0.2) is 284 Å². The van der Waals surface area contributed by atoms with Crippen LogP contribution in [0.1, 0.15) is 57.4 Å². The van der Waals surface area contributed by atoms with Crippen LogP contribution in [0.4, 0.5) is 17.1 Å². The van der Waals surface area contributed by atoms with Gasteiger partial charge in [0, 0.05) is 76.4 Å². The molecule has 0 bridgehead atoms. The number of para-hydroxylation sites is 4. The van der Waals surface area contributed by atoms with Gasteiger partial charge in [-0.15, -0.1) is 0 Å². The van der Waals surface area contributed by atoms with E-state index in [1.165, 1.54) is 126 Å². The van der Waals surface area contributed by atoms with E-state index < -0.39 is 0 Å². The first-order chi connectivity index (χ1) is 40.5. The van der Waals surface area contributed by atoms with E-state index in [-0.39, 0.29) is 18.3 Å². The number of fused-ring (bicyclic) bond motifs is 12. The first-order valence-corrected chi connectivity index (χ1v) is 29.3. The van der Waals surface area contributed by atoms with E-state index in [9.17, 15) is 0 Å². The van der Waals surface area contributed by atoms with Crippen LogP contribution in [0.2, 0.25) is 0 Å². The van der Waals surface area contributed by atoms with E-state index in [4.69, 9.17) is 5.73 Å². The molecule has 5 heteroatoms. The number of halogens is 1. The van der Waals surface area contributed by atoms with Gasteiger partial charge in [-0.25, -0.2) is 0 Å². The van der Waals surface area contributed by atoms with Crippen molar-refractivity contribution in [2.75, 3.05) is 11.1 Å². The predicted octanol–water partition coefficient (Wildman–Crippen LogP) is 21.9. The average molecular weight is 1150 g/mol. The summed E-state index contributed by atoms with van der Waals surface area (Å²) in [4.78, 5) is 0. The van der Waals surface area contributed by atoms with Crippen molar-refractivity contribution in [1.82, 2.24) is 9.13 Å². The highest BCUT2D eigenvalue weighted by atomic mass is 79.9. The largest absolute Gasteiger partial charge is 0.399 e. The van der Waals surface area contributed by atoms with Crippen LogP contribution in [-0.4, -0.2) is 9.13 Å². The Kier molecular flexibility index (Phi) is 13.8. The van der Waals surface area contributed by atoms with Gasteiger partial charge in [-0.1, -0.05) is 233 Å². The highest BCUT2D eigenvalue weighted by molar-refractivity contribution is 9.10. The van der Waals surface area contributed by atoms with Gasteiger partial charge < -0.3 is 20.2 Å². The summed E-state index contributed by atoms with van der Waals surface area (Å²) < 4.78 is 5.89. The smallest absolute Gasteiger partial charge is 0.0541 e. The highest BCUT2D eigenvalue weighted by Crippen LogP contribution is 2.53. The van der Waals surface area contributed by atoms with Crippen LogP contribution in [0.25, 0.3) is 99.5 Å². The maximum atomic E-state index is 5.83. The molecule has 84 heavy (non-hydrogen) atoms. The number of nitrogens with two attached hydrogens (primary N) is 1. The molecule has 0 radical (unpaired) electrons. The lowest BCUT2D eigenvalue weighted by Crippen LogP contribution is -2.14. The van der Waals surface area contributed by atoms with Crippen molar-refractivity contribution in [2.45, 2.75) is 46.0 Å². The molecule has 408 valence electrons. The first-order valence-electron chi connectivity index (χ1n) is 28.6. The van der Waals surface area contributed by atoms with Crippen molar-refractivity contribution in [3.05, 3.63) is 306 Å². The number of anilines is 3. The topological polar surface area (TPSA) is 47.9 Å². The second-order valence-electron chi connectivity index (χ2n) is 22.9. The molecule has 0 saturated heterocycles. The zero-order valence-electron chi connectivity index (χ0n) is 46.9. The van der Waals surface area contributed by atoms with E-state index >= 15 is 0 Å². The van der Waals surface area contributed by atoms with Crippen LogP contribution in [0.5, 0.6) is 0 Å². The Morgan fingerprint density at radius 2 is 0.738 bits per heavy atom. The Bertz CT molecular complexity index is 4760. The minimum atomic E-state index is -0.00421. The molecule has 14 aromatic rings. The molecule has 3 N–H and O–H groups in total. The lowest BCUT2D eigenvalue weighted by molar-refractivity contribution is 0.660. The van der Waals surface area contributed by atoms with Gasteiger partial charge in [0.25, 0.3) is 0 Å². The van der Waals surface area contributed by atoms with Crippen LogP contribution in [0, 0.1) is 0 Å². The summed E-state index contributed by atoms with van der Waals surface area (Å²) in [6.07, 6.45) is 0. The summed E-state index contributed by atoms with van der Waals surface area (Å²) in [6, 6.07) is 99.4. The summed E-state index contributed by atoms with van der Waals surface area (Å²) >= 11 is 3.67. The molecule has 2 aliphatic rings. The van der Waals surface area contributed by atoms with E-state index in [1.54, 1.807) is 0 Å². The summed E-state index contributed by atoms with van der Waals surface area (Å²) in [5.74, 6) is 0. The number of rotatable bonds is 6. The second kappa shape index (κ2) is 21.6. The Morgan fingerprint density at radius 3 is 1.26 bits per heavy atom. The third-order valence-electron chi connectivity index (χ3n) is 17.3. The number of nitrogens with zero attached hydrogens (tertiary/aromatic N) is 2. The molecule has 12 aromatic carbocycles. The van der Waals surface area contributed by atoms with Gasteiger partial charge in [-0.2, -0.15) is 0 Å². The molecule has 0 amide bonds. The van der Waals surface area contributed by atoms with Crippen LogP contribution in [0.3, 0.4) is 0 Å². The standard InChI is InChI=1S/C39H30N2.C24H18N2.C15H13Br.CH4/c1-39(2)33-15-8-6-14-31(33)38-34(39)16-10-17-35(38)40-28-22-19-26(20-23-28)27-21-24-37-32(25-27)30-13-7-9-18-36(30)41(37)29-11-4-3-5-12-29;25-19-13-10-17(11-14-19)18-12-15-24-22(16-18)21-8-4-5-9-23(21)26(24)20-6-2-1-3-7-20;1-15(2)11-7-4-3-6-10(11)14-12(15)8-5-9-13(14)16;/h3-25,40H,1-2H3;1-16H,25H2;3-9H,1-2H3;1H4. The SMILES string of the molecule is C.CC1(C)c2ccccc2-c2c(Br)cccc21.CC1(C)c2ccccc2-c2c(Nc3ccc(-c4ccc5c(c4)c4ccccc4n5-c4ccccc4)cc3)cccc21.Nc1ccc(-c2ccc3c(c2)c2ccccc2n3-c2ccccc2)cc1. The fraction of sp³-hybridized carbons (Fsp3) is 0.0886. The van der Waals surface area contributed by atoms with Crippen molar-refractivity contribution in [3.63, 3.8) is 0 Å². The Labute approximate surface area is 501 Å². The summed E-state index contributed by atoms with van der Waals surface area (Å²) in [5.41, 5.74) is 32.0. The molecular formula is C79H65BrN4. The third-order valence-corrected chi connectivity index (χ3v) is 17.9. The Hall–Kier alpha value is -9.68. The van der Waals surface area contributed by atoms with Crippen molar-refractivity contribution in [3.8, 4) is 55.9 Å². The van der Waals surface area contributed by atoms with E-state index in [2.05, 4.69) is 325 Å². The van der Waals surface area contributed by atoms with Gasteiger partial charge in [0.15, 0.2) is 0 Å². The van der Waals surface area contributed by atoms with Crippen LogP contribution < -0.4 is 11.1 Å². The predicted molar refractivity (Wildman–Crippen MR) is 363 cm³/mol. The number of nitrogens with one attached hydrogen (secondary N) is 1. The molecule has 0 atom stereocenters. The maximum absolute atomic E-state index is 5.83. The molecule has 2 aromatic heterocycles. The lowest BCUT2D eigenvalue weighted by atomic mass is 9.82. The molecule has 4 nitrogen and oxygen atoms in total. The average Bonchev–Trinajstić information content (AvgIpc) is 2.11. The van der Waals surface area contributed by atoms with Crippen molar-refractivity contribution >= 4 is 76.6 Å². The third kappa shape index (κ3) is 9.17.